The number of hydrogen-bond acceptors (Lipinski definition) is 6. The van der Waals surface area contributed by atoms with E-state index in [0.29, 0.717) is 0 Å². The van der Waals surface area contributed by atoms with Crippen molar-refractivity contribution in [1.82, 2.24) is 0 Å². The van der Waals surface area contributed by atoms with Gasteiger partial charge in [0, 0.05) is 102 Å². The SMILES string of the molecule is [Fe].[Fe].[Fe].[Fe].[Fe].[Fe].[O]1[O][Fe]123([O][O]2)[O][O]3. The van der Waals surface area contributed by atoms with Gasteiger partial charge in [0.25, 0.3) is 0 Å². The average Bonchev–Trinajstić information content (AvgIpc) is 2.58. The molecule has 0 saturated carbocycles. The van der Waals surface area contributed by atoms with E-state index in [9.17, 15) is 0 Å². The van der Waals surface area contributed by atoms with Crippen LogP contribution in [0, 0.1) is 0 Å². The Kier molecular flexibility index (Phi) is 10.4. The van der Waals surface area contributed by atoms with Crippen LogP contribution in [0.15, 0.2) is 0 Å². The van der Waals surface area contributed by atoms with Gasteiger partial charge in [-0.05, 0) is 0 Å². The summed E-state index contributed by atoms with van der Waals surface area (Å²) in [4.78, 5) is 0. The fourth-order valence-corrected chi connectivity index (χ4v) is 2.22. The van der Waals surface area contributed by atoms with Gasteiger partial charge >= 0.3 is 36.5 Å². The second-order valence-electron chi connectivity index (χ2n) is 1.24. The maximum absolute atomic E-state index is 4.25. The summed E-state index contributed by atoms with van der Waals surface area (Å²) in [5, 5.41) is 0. The van der Waals surface area contributed by atoms with Gasteiger partial charge < -0.3 is 0 Å². The Morgan fingerprint density at radius 3 is 0.538 bits per heavy atom. The van der Waals surface area contributed by atoms with Crippen molar-refractivity contribution in [3.05, 3.63) is 0 Å². The predicted molar refractivity (Wildman–Crippen MR) is 6.51 cm³/mol. The van der Waals surface area contributed by atoms with E-state index >= 15 is 0 Å². The third-order valence-corrected chi connectivity index (χ3v) is 3.11. The van der Waals surface area contributed by atoms with Crippen LogP contribution in [0.2, 0.25) is 0 Å². The summed E-state index contributed by atoms with van der Waals surface area (Å²) in [5.74, 6) is 0. The van der Waals surface area contributed by atoms with Crippen LogP contribution in [0.5, 0.6) is 0 Å². The Morgan fingerprint density at radius 2 is 0.538 bits per heavy atom. The standard InChI is InChI=1S/7Fe.3O2/c;;;;;;;3*1-2/q;;;;;;+6;3*-2. The summed E-state index contributed by atoms with van der Waals surface area (Å²) >= 11 is -4.00. The van der Waals surface area contributed by atoms with Crippen molar-refractivity contribution in [2.24, 2.45) is 0 Å². The molecule has 3 aliphatic heterocycles. The van der Waals surface area contributed by atoms with Crippen molar-refractivity contribution in [3.63, 3.8) is 0 Å². The van der Waals surface area contributed by atoms with Gasteiger partial charge in [-0.1, -0.05) is 0 Å². The minimum atomic E-state index is -4.00. The molecule has 13 heteroatoms. The number of rotatable bonds is 0. The molecule has 3 saturated heterocycles. The van der Waals surface area contributed by atoms with Crippen LogP contribution in [-0.4, -0.2) is 0 Å². The molecule has 0 aromatic rings. The molecule has 92 valence electrons. The summed E-state index contributed by atoms with van der Waals surface area (Å²) in [6.07, 6.45) is 0. The maximum atomic E-state index is 4.25. The predicted octanol–water partition coefficient (Wildman–Crippen LogP) is -0.428. The van der Waals surface area contributed by atoms with Crippen LogP contribution in [-0.2, 0) is 139 Å². The molecule has 3 rings (SSSR count). The topological polar surface area (TPSA) is 75.2 Å². The van der Waals surface area contributed by atoms with Crippen LogP contribution in [0.25, 0.3) is 0 Å². The van der Waals surface area contributed by atoms with Gasteiger partial charge in [0.2, 0.25) is 0 Å². The van der Waals surface area contributed by atoms with E-state index in [1.54, 1.807) is 0 Å². The number of hydrogen-bond donors (Lipinski definition) is 0. The van der Waals surface area contributed by atoms with E-state index in [2.05, 4.69) is 23.8 Å². The molecule has 13 heavy (non-hydrogen) atoms. The first-order valence-electron chi connectivity index (χ1n) is 1.37. The molecule has 1 spiro atoms. The fourth-order valence-electron chi connectivity index (χ4n) is 0.220. The Balaban J connectivity index is -0.0000000675. The van der Waals surface area contributed by atoms with Gasteiger partial charge in [-0.2, -0.15) is 0 Å². The van der Waals surface area contributed by atoms with Crippen molar-refractivity contribution in [2.75, 3.05) is 0 Å². The fraction of sp³-hybridized carbons (Fsp3) is 0. The van der Waals surface area contributed by atoms with E-state index in [-0.39, 0.29) is 102 Å². The van der Waals surface area contributed by atoms with Gasteiger partial charge in [0.15, 0.2) is 0 Å². The molecule has 0 aromatic carbocycles. The van der Waals surface area contributed by atoms with Crippen molar-refractivity contribution < 1.29 is 139 Å². The summed E-state index contributed by atoms with van der Waals surface area (Å²) < 4.78 is 25.5. The van der Waals surface area contributed by atoms with Crippen molar-refractivity contribution in [2.45, 2.75) is 0 Å². The quantitative estimate of drug-likeness (QED) is 0.263. The Morgan fingerprint density at radius 1 is 0.385 bits per heavy atom. The summed E-state index contributed by atoms with van der Waals surface area (Å²) in [7, 11) is 0. The van der Waals surface area contributed by atoms with E-state index in [0.717, 1.165) is 0 Å². The molecule has 3 heterocycles. The molecular weight excluding hydrogens is 487 g/mol. The van der Waals surface area contributed by atoms with Gasteiger partial charge in [-0.25, -0.2) is 0 Å². The molecule has 0 N–H and O–H groups in total. The Labute approximate surface area is 137 Å². The summed E-state index contributed by atoms with van der Waals surface area (Å²) in [6.45, 7) is 0. The molecule has 0 atom stereocenters. The van der Waals surface area contributed by atoms with Crippen LogP contribution in [0.4, 0.5) is 0 Å². The third-order valence-electron chi connectivity index (χ3n) is 0.754. The second-order valence-corrected chi connectivity index (χ2v) is 5.10. The van der Waals surface area contributed by atoms with Gasteiger partial charge in [0.05, 0.1) is 0 Å². The first kappa shape index (κ1) is 25.3. The van der Waals surface area contributed by atoms with Crippen molar-refractivity contribution in [3.8, 4) is 0 Å². The molecule has 0 unspecified atom stereocenters. The normalized spacial score (nSPS) is 33.2. The first-order valence-corrected chi connectivity index (χ1v) is 4.07. The summed E-state index contributed by atoms with van der Waals surface area (Å²) in [5.41, 5.74) is 0. The minimum absolute atomic E-state index is 0. The van der Waals surface area contributed by atoms with Crippen molar-refractivity contribution in [1.29, 1.82) is 0 Å². The molecule has 6 nitrogen and oxygen atoms in total. The molecule has 0 amide bonds. The zero-order valence-corrected chi connectivity index (χ0v) is 12.7. The zero-order valence-electron chi connectivity index (χ0n) is 4.92. The van der Waals surface area contributed by atoms with Crippen LogP contribution in [0.3, 0.4) is 0 Å². The monoisotopic (exact) mass is 488 g/mol. The van der Waals surface area contributed by atoms with E-state index in [4.69, 9.17) is 0 Å². The van der Waals surface area contributed by atoms with E-state index in [1.807, 2.05) is 0 Å². The zero-order chi connectivity index (χ0) is 4.65. The average molecular weight is 487 g/mol. The molecule has 0 bridgehead atoms. The van der Waals surface area contributed by atoms with E-state index in [1.165, 1.54) is 0 Å². The van der Waals surface area contributed by atoms with Gasteiger partial charge in [-0.15, -0.1) is 0 Å². The van der Waals surface area contributed by atoms with Gasteiger partial charge in [0.1, 0.15) is 0 Å². The van der Waals surface area contributed by atoms with Crippen LogP contribution < -0.4 is 0 Å². The Hall–Kier alpha value is 3.40. The van der Waals surface area contributed by atoms with Crippen LogP contribution >= 0.6 is 0 Å². The molecule has 0 aliphatic carbocycles. The molecule has 3 fully saturated rings. The molecule has 3 aliphatic rings. The van der Waals surface area contributed by atoms with E-state index < -0.39 is 12.7 Å². The third kappa shape index (κ3) is 2.99. The Bertz CT molecular complexity index is 123. The second kappa shape index (κ2) is 5.36. The van der Waals surface area contributed by atoms with Gasteiger partial charge in [-0.3, -0.25) is 0 Å². The first-order chi connectivity index (χ1) is 3.23. The van der Waals surface area contributed by atoms with Crippen LogP contribution in [0.1, 0.15) is 0 Å². The molecular formula is Fe7O6. The molecule has 0 aromatic heterocycles. The van der Waals surface area contributed by atoms with Crippen molar-refractivity contribution >= 4 is 0 Å². The molecule has 0 radical (unpaired) electrons. The summed E-state index contributed by atoms with van der Waals surface area (Å²) in [6, 6.07) is 0.